The number of nitrogens with zero attached hydrogens (tertiary/aromatic N) is 2. The molecule has 0 saturated carbocycles. The van der Waals surface area contributed by atoms with Gasteiger partial charge in [0.15, 0.2) is 6.54 Å². The maximum Gasteiger partial charge on any atom is 0.277 e. The number of H-pyrrole nitrogens is 1. The smallest absolute Gasteiger partial charge is 0.277 e. The number of pyridine rings is 1. The lowest BCUT2D eigenvalue weighted by Crippen LogP contribution is -3.16. The fourth-order valence-corrected chi connectivity index (χ4v) is 2.93. The van der Waals surface area contributed by atoms with E-state index in [0.717, 1.165) is 32.0 Å². The molecular weight excluding hydrogens is 318 g/mol. The van der Waals surface area contributed by atoms with Gasteiger partial charge in [0.1, 0.15) is 26.2 Å². The van der Waals surface area contributed by atoms with Crippen LogP contribution in [0.4, 0.5) is 5.82 Å². The minimum atomic E-state index is -0.281. The van der Waals surface area contributed by atoms with Crippen molar-refractivity contribution >= 4 is 17.6 Å². The summed E-state index contributed by atoms with van der Waals surface area (Å²) in [7, 11) is 1.69. The first-order valence-corrected chi connectivity index (χ1v) is 8.85. The van der Waals surface area contributed by atoms with Crippen molar-refractivity contribution < 1.29 is 19.5 Å². The Kier molecular flexibility index (Phi) is 6.36. The number of anilines is 1. The standard InChI is InChI=1S/C18H29N5O2/c1-18(2,3)20-16(24)13-21(4)17(25)14-22-9-11-23(12-10-22)15-7-5-6-8-19-15/h5-8H,9-14H2,1-4H3,(H,20,24)/p+2. The Labute approximate surface area is 150 Å². The van der Waals surface area contributed by atoms with Gasteiger partial charge in [-0.25, -0.2) is 4.98 Å². The van der Waals surface area contributed by atoms with E-state index in [1.54, 1.807) is 7.05 Å². The van der Waals surface area contributed by atoms with Crippen LogP contribution < -0.4 is 20.1 Å². The molecule has 2 rings (SSSR count). The molecule has 3 N–H and O–H groups in total. The normalized spacial score (nSPS) is 15.8. The minimum absolute atomic E-state index is 0.0128. The Morgan fingerprint density at radius 3 is 2.52 bits per heavy atom. The maximum atomic E-state index is 12.4. The van der Waals surface area contributed by atoms with Crippen molar-refractivity contribution in [3.8, 4) is 0 Å². The molecule has 1 aliphatic heterocycles. The number of hydrogen-bond acceptors (Lipinski definition) is 3. The number of rotatable bonds is 5. The summed E-state index contributed by atoms with van der Waals surface area (Å²) in [6.45, 7) is 9.99. The van der Waals surface area contributed by atoms with Gasteiger partial charge < -0.3 is 15.1 Å². The third-order valence-electron chi connectivity index (χ3n) is 4.23. The van der Waals surface area contributed by atoms with E-state index in [4.69, 9.17) is 0 Å². The van der Waals surface area contributed by atoms with Gasteiger partial charge in [-0.3, -0.25) is 14.5 Å². The molecule has 2 amide bonds. The van der Waals surface area contributed by atoms with Gasteiger partial charge in [-0.05, 0) is 26.8 Å². The quantitative estimate of drug-likeness (QED) is 0.685. The lowest BCUT2D eigenvalue weighted by molar-refractivity contribution is -0.892. The second-order valence-electron chi connectivity index (χ2n) is 7.71. The van der Waals surface area contributed by atoms with E-state index in [-0.39, 0.29) is 23.9 Å². The zero-order valence-corrected chi connectivity index (χ0v) is 15.8. The predicted molar refractivity (Wildman–Crippen MR) is 96.3 cm³/mol. The number of hydrogen-bond donors (Lipinski definition) is 2. The highest BCUT2D eigenvalue weighted by molar-refractivity contribution is 5.85. The molecule has 7 heteroatoms. The molecule has 2 heterocycles. The van der Waals surface area contributed by atoms with Gasteiger partial charge in [0, 0.05) is 18.7 Å². The van der Waals surface area contributed by atoms with Crippen LogP contribution in [0.25, 0.3) is 0 Å². The molecule has 0 radical (unpaired) electrons. The molecule has 7 nitrogen and oxygen atoms in total. The predicted octanol–water partition coefficient (Wildman–Crippen LogP) is -1.42. The van der Waals surface area contributed by atoms with Crippen LogP contribution >= 0.6 is 0 Å². The van der Waals surface area contributed by atoms with Gasteiger partial charge in [0.25, 0.3) is 11.7 Å². The number of nitrogens with one attached hydrogen (secondary N) is 3. The second-order valence-corrected chi connectivity index (χ2v) is 7.71. The summed E-state index contributed by atoms with van der Waals surface area (Å²) in [6, 6.07) is 6.05. The molecule has 0 spiro atoms. The minimum Gasteiger partial charge on any atom is -0.350 e. The number of aromatic amines is 1. The Hall–Kier alpha value is -2.15. The highest BCUT2D eigenvalue weighted by Gasteiger charge is 2.28. The Morgan fingerprint density at radius 2 is 1.96 bits per heavy atom. The first-order valence-electron chi connectivity index (χ1n) is 8.85. The summed E-state index contributed by atoms with van der Waals surface area (Å²) in [6.07, 6.45) is 1.93. The zero-order valence-electron chi connectivity index (χ0n) is 15.8. The van der Waals surface area contributed by atoms with Gasteiger partial charge in [-0.15, -0.1) is 0 Å². The first-order chi connectivity index (χ1) is 11.7. The summed E-state index contributed by atoms with van der Waals surface area (Å²) in [5.41, 5.74) is -0.281. The van der Waals surface area contributed by atoms with Crippen molar-refractivity contribution in [1.82, 2.24) is 10.2 Å². The molecule has 1 aromatic heterocycles. The Morgan fingerprint density at radius 1 is 1.28 bits per heavy atom. The average molecular weight is 349 g/mol. The maximum absolute atomic E-state index is 12.4. The lowest BCUT2D eigenvalue weighted by Gasteiger charge is -2.29. The zero-order chi connectivity index (χ0) is 18.4. The average Bonchev–Trinajstić information content (AvgIpc) is 2.54. The number of likely N-dealkylation sites (N-methyl/N-ethyl adjacent to an activating group) is 1. The number of carbonyl (C=O) groups is 2. The Bertz CT molecular complexity index is 577. The van der Waals surface area contributed by atoms with Crippen molar-refractivity contribution in [3.05, 3.63) is 24.4 Å². The first kappa shape index (κ1) is 19.2. The third kappa shape index (κ3) is 6.34. The molecule has 1 aliphatic rings. The molecule has 25 heavy (non-hydrogen) atoms. The van der Waals surface area contributed by atoms with Gasteiger partial charge in [-0.2, -0.15) is 0 Å². The SMILES string of the molecule is CN(CC(=O)NC(C)(C)C)C(=O)C[NH+]1CCN(c2cccc[nH+]2)CC1. The summed E-state index contributed by atoms with van der Waals surface area (Å²) in [5, 5.41) is 2.88. The summed E-state index contributed by atoms with van der Waals surface area (Å²) < 4.78 is 0. The van der Waals surface area contributed by atoms with E-state index in [9.17, 15) is 9.59 Å². The van der Waals surface area contributed by atoms with Crippen LogP contribution in [-0.2, 0) is 9.59 Å². The van der Waals surface area contributed by atoms with Gasteiger partial charge >= 0.3 is 0 Å². The number of quaternary nitrogens is 1. The van der Waals surface area contributed by atoms with Crippen LogP contribution in [0.3, 0.4) is 0 Å². The van der Waals surface area contributed by atoms with Crippen LogP contribution in [0.2, 0.25) is 0 Å². The van der Waals surface area contributed by atoms with E-state index in [1.807, 2.05) is 39.1 Å². The van der Waals surface area contributed by atoms with Gasteiger partial charge in [0.2, 0.25) is 5.91 Å². The van der Waals surface area contributed by atoms with Crippen molar-refractivity contribution in [2.75, 3.05) is 51.2 Å². The van der Waals surface area contributed by atoms with E-state index in [0.29, 0.717) is 6.54 Å². The molecule has 0 atom stereocenters. The van der Waals surface area contributed by atoms with Crippen LogP contribution in [0.5, 0.6) is 0 Å². The van der Waals surface area contributed by atoms with Crippen molar-refractivity contribution in [1.29, 1.82) is 0 Å². The number of aromatic nitrogens is 1. The van der Waals surface area contributed by atoms with Gasteiger partial charge in [0.05, 0.1) is 12.7 Å². The molecule has 0 aliphatic carbocycles. The van der Waals surface area contributed by atoms with E-state index >= 15 is 0 Å². The topological polar surface area (TPSA) is 71.2 Å². The van der Waals surface area contributed by atoms with E-state index in [1.165, 1.54) is 9.80 Å². The van der Waals surface area contributed by atoms with Crippen LogP contribution in [-0.4, -0.2) is 68.6 Å². The molecular formula is C18H31N5O2+2. The Balaban J connectivity index is 1.75. The summed E-state index contributed by atoms with van der Waals surface area (Å²) in [5.74, 6) is 1.01. The van der Waals surface area contributed by atoms with Crippen molar-refractivity contribution in [2.45, 2.75) is 26.3 Å². The van der Waals surface area contributed by atoms with Crippen LogP contribution in [0.1, 0.15) is 20.8 Å². The summed E-state index contributed by atoms with van der Waals surface area (Å²) >= 11 is 0. The lowest BCUT2D eigenvalue weighted by atomic mass is 10.1. The van der Waals surface area contributed by atoms with Crippen LogP contribution in [0.15, 0.2) is 24.4 Å². The molecule has 0 bridgehead atoms. The fraction of sp³-hybridized carbons (Fsp3) is 0.611. The van der Waals surface area contributed by atoms with Crippen molar-refractivity contribution in [2.24, 2.45) is 0 Å². The summed E-state index contributed by atoms with van der Waals surface area (Å²) in [4.78, 5) is 32.6. The highest BCUT2D eigenvalue weighted by atomic mass is 16.2. The van der Waals surface area contributed by atoms with E-state index < -0.39 is 0 Å². The molecule has 138 valence electrons. The number of amides is 2. The third-order valence-corrected chi connectivity index (χ3v) is 4.23. The monoisotopic (exact) mass is 349 g/mol. The van der Waals surface area contributed by atoms with E-state index in [2.05, 4.69) is 21.3 Å². The molecule has 1 aromatic rings. The number of piperazine rings is 1. The number of carbonyl (C=O) groups excluding carboxylic acids is 2. The van der Waals surface area contributed by atoms with Crippen LogP contribution in [0, 0.1) is 0 Å². The largest absolute Gasteiger partial charge is 0.350 e. The second kappa shape index (κ2) is 8.29. The molecule has 0 aromatic carbocycles. The molecule has 1 fully saturated rings. The molecule has 1 saturated heterocycles. The van der Waals surface area contributed by atoms with Crippen molar-refractivity contribution in [3.63, 3.8) is 0 Å². The fourth-order valence-electron chi connectivity index (χ4n) is 2.93. The molecule has 0 unspecified atom stereocenters. The highest BCUT2D eigenvalue weighted by Crippen LogP contribution is 2.04. The van der Waals surface area contributed by atoms with Gasteiger partial charge in [-0.1, -0.05) is 6.07 Å².